The SMILES string of the molecule is CCCOc1ccc(C2=C(Nc3cc(C)ccc3C)C(=O)N(c3ccccc3C)C2=O)cc1. The fourth-order valence-corrected chi connectivity index (χ4v) is 3.89. The van der Waals surface area contributed by atoms with Gasteiger partial charge in [-0.2, -0.15) is 0 Å². The molecule has 5 heteroatoms. The number of nitrogens with one attached hydrogen (secondary N) is 1. The lowest BCUT2D eigenvalue weighted by Gasteiger charge is -2.18. The summed E-state index contributed by atoms with van der Waals surface area (Å²) in [6, 6.07) is 20.7. The molecule has 0 spiro atoms. The van der Waals surface area contributed by atoms with Crippen LogP contribution in [-0.4, -0.2) is 18.4 Å². The Morgan fingerprint density at radius 3 is 2.27 bits per heavy atom. The number of ether oxygens (including phenoxy) is 1. The van der Waals surface area contributed by atoms with Gasteiger partial charge in [-0.1, -0.05) is 49.4 Å². The third-order valence-electron chi connectivity index (χ3n) is 5.71. The highest BCUT2D eigenvalue weighted by molar-refractivity contribution is 6.46. The molecule has 1 N–H and O–H groups in total. The molecule has 1 aliphatic heterocycles. The number of hydrogen-bond acceptors (Lipinski definition) is 4. The highest BCUT2D eigenvalue weighted by atomic mass is 16.5. The number of aryl methyl sites for hydroxylation is 3. The zero-order valence-electron chi connectivity index (χ0n) is 19.4. The van der Waals surface area contributed by atoms with Crippen molar-refractivity contribution in [2.75, 3.05) is 16.8 Å². The molecule has 0 aliphatic carbocycles. The topological polar surface area (TPSA) is 58.6 Å². The molecule has 3 aromatic carbocycles. The van der Waals surface area contributed by atoms with E-state index in [2.05, 4.69) is 5.32 Å². The molecule has 33 heavy (non-hydrogen) atoms. The summed E-state index contributed by atoms with van der Waals surface area (Å²) in [6.45, 7) is 8.54. The largest absolute Gasteiger partial charge is 0.494 e. The summed E-state index contributed by atoms with van der Waals surface area (Å²) in [7, 11) is 0. The number of imide groups is 1. The minimum atomic E-state index is -0.364. The van der Waals surface area contributed by atoms with E-state index in [1.54, 1.807) is 6.07 Å². The maximum atomic E-state index is 13.7. The first-order valence-corrected chi connectivity index (χ1v) is 11.2. The van der Waals surface area contributed by atoms with E-state index >= 15 is 0 Å². The molecule has 168 valence electrons. The number of nitrogens with zero attached hydrogens (tertiary/aromatic N) is 1. The average Bonchev–Trinajstić information content (AvgIpc) is 3.05. The van der Waals surface area contributed by atoms with Crippen LogP contribution in [0.15, 0.2) is 72.4 Å². The first-order valence-electron chi connectivity index (χ1n) is 11.2. The molecule has 0 saturated heterocycles. The minimum Gasteiger partial charge on any atom is -0.494 e. The summed E-state index contributed by atoms with van der Waals surface area (Å²) in [5, 5.41) is 3.28. The second-order valence-electron chi connectivity index (χ2n) is 8.30. The van der Waals surface area contributed by atoms with Gasteiger partial charge in [-0.3, -0.25) is 9.59 Å². The zero-order chi connectivity index (χ0) is 23.5. The van der Waals surface area contributed by atoms with Gasteiger partial charge in [0.1, 0.15) is 11.4 Å². The maximum Gasteiger partial charge on any atom is 0.282 e. The zero-order valence-corrected chi connectivity index (χ0v) is 19.4. The maximum absolute atomic E-state index is 13.7. The van der Waals surface area contributed by atoms with Crippen molar-refractivity contribution in [2.45, 2.75) is 34.1 Å². The molecule has 0 unspecified atom stereocenters. The minimum absolute atomic E-state index is 0.277. The number of benzene rings is 3. The van der Waals surface area contributed by atoms with Gasteiger partial charge in [0.25, 0.3) is 11.8 Å². The lowest BCUT2D eigenvalue weighted by Crippen LogP contribution is -2.33. The van der Waals surface area contributed by atoms with Crippen LogP contribution in [0, 0.1) is 20.8 Å². The fourth-order valence-electron chi connectivity index (χ4n) is 3.89. The molecular weight excluding hydrogens is 412 g/mol. The number of hydrogen-bond donors (Lipinski definition) is 1. The Morgan fingerprint density at radius 1 is 0.848 bits per heavy atom. The van der Waals surface area contributed by atoms with Gasteiger partial charge in [0.2, 0.25) is 0 Å². The predicted octanol–water partition coefficient (Wildman–Crippen LogP) is 5.80. The first kappa shape index (κ1) is 22.3. The third kappa shape index (κ3) is 4.40. The molecule has 0 radical (unpaired) electrons. The lowest BCUT2D eigenvalue weighted by atomic mass is 10.0. The van der Waals surface area contributed by atoms with Crippen LogP contribution in [0.25, 0.3) is 5.57 Å². The van der Waals surface area contributed by atoms with E-state index in [9.17, 15) is 9.59 Å². The molecule has 5 nitrogen and oxygen atoms in total. The van der Waals surface area contributed by atoms with Crippen LogP contribution < -0.4 is 15.0 Å². The Bertz CT molecular complexity index is 1240. The van der Waals surface area contributed by atoms with E-state index in [1.807, 2.05) is 88.4 Å². The van der Waals surface area contributed by atoms with Gasteiger partial charge >= 0.3 is 0 Å². The van der Waals surface area contributed by atoms with Crippen molar-refractivity contribution in [2.24, 2.45) is 0 Å². The van der Waals surface area contributed by atoms with E-state index in [0.717, 1.165) is 34.5 Å². The number of anilines is 2. The Morgan fingerprint density at radius 2 is 1.58 bits per heavy atom. The van der Waals surface area contributed by atoms with Crippen LogP contribution in [0.4, 0.5) is 11.4 Å². The van der Waals surface area contributed by atoms with Crippen molar-refractivity contribution in [1.82, 2.24) is 0 Å². The van der Waals surface area contributed by atoms with Gasteiger partial charge in [0.15, 0.2) is 0 Å². The second-order valence-corrected chi connectivity index (χ2v) is 8.30. The van der Waals surface area contributed by atoms with Gasteiger partial charge in [-0.05, 0) is 73.7 Å². The van der Waals surface area contributed by atoms with Crippen molar-refractivity contribution in [3.05, 3.63) is 94.7 Å². The predicted molar refractivity (Wildman–Crippen MR) is 132 cm³/mol. The summed E-state index contributed by atoms with van der Waals surface area (Å²) in [5.41, 5.74) is 5.60. The van der Waals surface area contributed by atoms with E-state index in [4.69, 9.17) is 4.74 Å². The standard InChI is InChI=1S/C28H28N2O3/c1-5-16-33-22-14-12-21(13-15-22)25-26(29-23-17-18(2)10-11-19(23)3)28(32)30(27(25)31)24-9-7-6-8-20(24)4/h6-15,17,29H,5,16H2,1-4H3. The summed E-state index contributed by atoms with van der Waals surface area (Å²) in [4.78, 5) is 28.5. The molecule has 4 rings (SSSR count). The number of para-hydroxylation sites is 1. The first-order chi connectivity index (χ1) is 15.9. The summed E-state index contributed by atoms with van der Waals surface area (Å²) in [6.07, 6.45) is 0.912. The quantitative estimate of drug-likeness (QED) is 0.472. The van der Waals surface area contributed by atoms with Gasteiger partial charge in [0, 0.05) is 5.69 Å². The smallest absolute Gasteiger partial charge is 0.282 e. The number of amides is 2. The third-order valence-corrected chi connectivity index (χ3v) is 5.71. The molecule has 0 saturated carbocycles. The van der Waals surface area contributed by atoms with E-state index < -0.39 is 0 Å². The van der Waals surface area contributed by atoms with Crippen molar-refractivity contribution in [3.63, 3.8) is 0 Å². The molecule has 0 bridgehead atoms. The molecular formula is C28H28N2O3. The van der Waals surface area contributed by atoms with Crippen molar-refractivity contribution in [1.29, 1.82) is 0 Å². The van der Waals surface area contributed by atoms with Crippen LogP contribution >= 0.6 is 0 Å². The number of rotatable bonds is 7. The Kier molecular flexibility index (Phi) is 6.31. The highest BCUT2D eigenvalue weighted by Crippen LogP contribution is 2.36. The van der Waals surface area contributed by atoms with Crippen LogP contribution in [0.2, 0.25) is 0 Å². The van der Waals surface area contributed by atoms with Crippen molar-refractivity contribution >= 4 is 28.8 Å². The van der Waals surface area contributed by atoms with Gasteiger partial charge in [-0.25, -0.2) is 4.90 Å². The monoisotopic (exact) mass is 440 g/mol. The Labute approximate surface area is 194 Å². The second kappa shape index (κ2) is 9.33. The van der Waals surface area contributed by atoms with Crippen LogP contribution in [0.5, 0.6) is 5.75 Å². The molecule has 1 aliphatic rings. The Hall–Kier alpha value is -3.86. The molecule has 0 fully saturated rings. The summed E-state index contributed by atoms with van der Waals surface area (Å²) >= 11 is 0. The van der Waals surface area contributed by atoms with Crippen LogP contribution in [0.3, 0.4) is 0 Å². The van der Waals surface area contributed by atoms with Crippen molar-refractivity contribution in [3.8, 4) is 5.75 Å². The van der Waals surface area contributed by atoms with Crippen LogP contribution in [-0.2, 0) is 9.59 Å². The van der Waals surface area contributed by atoms with Crippen molar-refractivity contribution < 1.29 is 14.3 Å². The molecule has 3 aromatic rings. The van der Waals surface area contributed by atoms with E-state index in [-0.39, 0.29) is 17.5 Å². The van der Waals surface area contributed by atoms with Gasteiger partial charge in [0.05, 0.1) is 17.9 Å². The van der Waals surface area contributed by atoms with E-state index in [0.29, 0.717) is 23.4 Å². The fraction of sp³-hybridized carbons (Fsp3) is 0.214. The van der Waals surface area contributed by atoms with Gasteiger partial charge in [-0.15, -0.1) is 0 Å². The number of carbonyl (C=O) groups is 2. The molecule has 0 atom stereocenters. The van der Waals surface area contributed by atoms with Crippen LogP contribution in [0.1, 0.15) is 35.6 Å². The number of carbonyl (C=O) groups excluding carboxylic acids is 2. The molecule has 1 heterocycles. The summed E-state index contributed by atoms with van der Waals surface area (Å²) < 4.78 is 5.68. The Balaban J connectivity index is 1.81. The molecule has 2 amide bonds. The van der Waals surface area contributed by atoms with E-state index in [1.165, 1.54) is 4.90 Å². The molecule has 0 aromatic heterocycles. The van der Waals surface area contributed by atoms with Gasteiger partial charge < -0.3 is 10.1 Å². The average molecular weight is 441 g/mol. The highest BCUT2D eigenvalue weighted by Gasteiger charge is 2.40. The summed E-state index contributed by atoms with van der Waals surface area (Å²) in [5.74, 6) is 0.0265. The lowest BCUT2D eigenvalue weighted by molar-refractivity contribution is -0.120. The normalized spacial score (nSPS) is 13.6.